The average molecular weight is 406 g/mol. The van der Waals surface area contributed by atoms with Crippen LogP contribution < -0.4 is 4.31 Å². The van der Waals surface area contributed by atoms with E-state index in [1.807, 2.05) is 23.4 Å². The first kappa shape index (κ1) is 20.3. The van der Waals surface area contributed by atoms with E-state index in [1.54, 1.807) is 25.3 Å². The smallest absolute Gasteiger partial charge is 0.278 e. The molecule has 1 aliphatic heterocycles. The van der Waals surface area contributed by atoms with Gasteiger partial charge in [0.25, 0.3) is 6.43 Å². The second kappa shape index (κ2) is 8.68. The molecule has 0 aliphatic carbocycles. The van der Waals surface area contributed by atoms with Gasteiger partial charge in [0.2, 0.25) is 0 Å². The van der Waals surface area contributed by atoms with Crippen LogP contribution >= 0.6 is 10.7 Å². The number of pyridine rings is 1. The molecule has 28 heavy (non-hydrogen) atoms. The van der Waals surface area contributed by atoms with Crippen LogP contribution in [0.3, 0.4) is 0 Å². The lowest BCUT2D eigenvalue weighted by Crippen LogP contribution is -2.18. The Morgan fingerprint density at radius 3 is 2.57 bits per heavy atom. The lowest BCUT2D eigenvalue weighted by Gasteiger charge is -2.27. The van der Waals surface area contributed by atoms with Gasteiger partial charge in [-0.05, 0) is 36.8 Å². The molecule has 0 saturated carbocycles. The number of halogens is 3. The minimum absolute atomic E-state index is 0.0334. The zero-order chi connectivity index (χ0) is 20.3. The Morgan fingerprint density at radius 2 is 2.00 bits per heavy atom. The monoisotopic (exact) mass is 406 g/mol. The van der Waals surface area contributed by atoms with E-state index in [-0.39, 0.29) is 28.6 Å². The molecule has 1 atom stereocenters. The molecule has 0 bridgehead atoms. The Bertz CT molecular complexity index is 939. The van der Waals surface area contributed by atoms with Crippen LogP contribution in [0.4, 0.5) is 18.9 Å². The van der Waals surface area contributed by atoms with Crippen LogP contribution in [-0.4, -0.2) is 34.5 Å². The van der Waals surface area contributed by atoms with Crippen molar-refractivity contribution in [2.75, 3.05) is 10.1 Å². The number of nitrogens with zero attached hydrogens (tertiary/aromatic N) is 4. The highest BCUT2D eigenvalue weighted by molar-refractivity contribution is 8.15. The van der Waals surface area contributed by atoms with E-state index >= 15 is 0 Å². The molecule has 0 spiro atoms. The summed E-state index contributed by atoms with van der Waals surface area (Å²) in [7, 11) is -0.347. The fourth-order valence-corrected chi connectivity index (χ4v) is 3.75. The summed E-state index contributed by atoms with van der Waals surface area (Å²) in [5, 5.41) is 7.36. The average Bonchev–Trinajstić information content (AvgIpc) is 3.19. The number of anilines is 1. The normalized spacial score (nSPS) is 14.8. The van der Waals surface area contributed by atoms with Gasteiger partial charge < -0.3 is 4.31 Å². The van der Waals surface area contributed by atoms with E-state index in [9.17, 15) is 13.2 Å². The number of benzene rings is 1. The molecule has 0 radical (unpaired) electrons. The van der Waals surface area contributed by atoms with Gasteiger partial charge in [0.05, 0.1) is 18.0 Å². The van der Waals surface area contributed by atoms with Gasteiger partial charge in [-0.15, -0.1) is 10.7 Å². The van der Waals surface area contributed by atoms with Crippen molar-refractivity contribution in [1.29, 1.82) is 0 Å². The van der Waals surface area contributed by atoms with Crippen molar-refractivity contribution in [3.8, 4) is 0 Å². The fraction of sp³-hybridized carbons (Fsp3) is 0.300. The third-order valence-electron chi connectivity index (χ3n) is 4.45. The van der Waals surface area contributed by atoms with Crippen LogP contribution in [-0.2, 0) is 6.54 Å². The molecule has 1 aromatic heterocycles. The van der Waals surface area contributed by atoms with Gasteiger partial charge in [-0.1, -0.05) is 18.9 Å². The molecule has 3 rings (SSSR count). The highest BCUT2D eigenvalue weighted by Crippen LogP contribution is 2.30. The molecule has 0 fully saturated rings. The third-order valence-corrected chi connectivity index (χ3v) is 6.08. The van der Waals surface area contributed by atoms with Crippen LogP contribution in [0.5, 0.6) is 0 Å². The topological polar surface area (TPSA) is 40.9 Å². The molecule has 0 saturated heterocycles. The van der Waals surface area contributed by atoms with Gasteiger partial charge in [-0.3, -0.25) is 4.98 Å². The fourth-order valence-electron chi connectivity index (χ4n) is 2.71. The highest BCUT2D eigenvalue weighted by atomic mass is 32.2. The number of rotatable bonds is 7. The Labute approximate surface area is 164 Å². The van der Waals surface area contributed by atoms with E-state index in [4.69, 9.17) is 0 Å². The summed E-state index contributed by atoms with van der Waals surface area (Å²) in [6.07, 6.45) is -0.953. The van der Waals surface area contributed by atoms with Gasteiger partial charge in [0.15, 0.2) is 0 Å². The van der Waals surface area contributed by atoms with Gasteiger partial charge in [-0.2, -0.15) is 10.2 Å². The minimum Gasteiger partial charge on any atom is -0.316 e. The van der Waals surface area contributed by atoms with Gasteiger partial charge in [0, 0.05) is 29.6 Å². The van der Waals surface area contributed by atoms with Gasteiger partial charge in [0.1, 0.15) is 11.5 Å². The summed E-state index contributed by atoms with van der Waals surface area (Å²) in [4.78, 5) is 4.44. The van der Waals surface area contributed by atoms with E-state index in [0.717, 1.165) is 17.1 Å². The van der Waals surface area contributed by atoms with Gasteiger partial charge >= 0.3 is 0 Å². The summed E-state index contributed by atoms with van der Waals surface area (Å²) >= 11 is 0. The van der Waals surface area contributed by atoms with Crippen molar-refractivity contribution in [1.82, 2.24) is 4.98 Å². The molecular formula is C20H21F3N4S. The highest BCUT2D eigenvalue weighted by Gasteiger charge is 2.22. The van der Waals surface area contributed by atoms with Crippen molar-refractivity contribution in [2.45, 2.75) is 33.2 Å². The van der Waals surface area contributed by atoms with Crippen molar-refractivity contribution < 1.29 is 13.2 Å². The summed E-state index contributed by atoms with van der Waals surface area (Å²) in [5.41, 5.74) is 3.04. The molecule has 148 valence electrons. The maximum Gasteiger partial charge on any atom is 0.278 e. The Kier molecular flexibility index (Phi) is 6.28. The molecule has 0 N–H and O–H groups in total. The van der Waals surface area contributed by atoms with E-state index < -0.39 is 6.43 Å². The number of hydrogen-bond donors (Lipinski definition) is 0. The van der Waals surface area contributed by atoms with E-state index in [1.165, 1.54) is 6.07 Å². The molecule has 1 aliphatic rings. The largest absolute Gasteiger partial charge is 0.316 e. The first-order chi connectivity index (χ1) is 13.4. The Balaban J connectivity index is 1.77. The summed E-state index contributed by atoms with van der Waals surface area (Å²) in [6.45, 7) is 4.22. The second-order valence-corrected chi connectivity index (χ2v) is 8.32. The zero-order valence-electron chi connectivity index (χ0n) is 15.7. The van der Waals surface area contributed by atoms with E-state index in [0.29, 0.717) is 23.4 Å². The zero-order valence-corrected chi connectivity index (χ0v) is 16.5. The molecule has 8 heteroatoms. The predicted molar refractivity (Wildman–Crippen MR) is 111 cm³/mol. The SMILES string of the molecule is C=S(CC)N(Cc1ccc(C2=NN=C(C(F)F)C2)cn1)c1ccc(C)c(F)c1. The van der Waals surface area contributed by atoms with Crippen molar-refractivity contribution in [3.05, 3.63) is 59.2 Å². The van der Waals surface area contributed by atoms with Crippen LogP contribution in [0.15, 0.2) is 46.7 Å². The first-order valence-corrected chi connectivity index (χ1v) is 10.3. The lowest BCUT2D eigenvalue weighted by molar-refractivity contribution is 0.224. The van der Waals surface area contributed by atoms with Crippen molar-refractivity contribution in [3.63, 3.8) is 0 Å². The summed E-state index contributed by atoms with van der Waals surface area (Å²) in [5.74, 6) is 4.75. The Hall–Kier alpha value is -2.48. The van der Waals surface area contributed by atoms with Crippen LogP contribution in [0.2, 0.25) is 0 Å². The second-order valence-electron chi connectivity index (χ2n) is 6.37. The standard InChI is InChI=1S/C20H21F3N4S/c1-4-28(3)27(16-8-5-13(2)17(21)9-16)12-15-7-6-14(11-24-15)18-10-19(20(22)23)26-25-18/h5-9,11,20H,3-4,10,12H2,1-2H3. The molecular weight excluding hydrogens is 385 g/mol. The van der Waals surface area contributed by atoms with E-state index in [2.05, 4.69) is 21.1 Å². The maximum absolute atomic E-state index is 14.0. The Morgan fingerprint density at radius 1 is 1.21 bits per heavy atom. The maximum atomic E-state index is 14.0. The molecule has 1 unspecified atom stereocenters. The molecule has 2 heterocycles. The summed E-state index contributed by atoms with van der Waals surface area (Å²) in [6, 6.07) is 8.76. The first-order valence-electron chi connectivity index (χ1n) is 8.80. The third kappa shape index (κ3) is 4.49. The predicted octanol–water partition coefficient (Wildman–Crippen LogP) is 4.99. The number of alkyl halides is 2. The minimum atomic E-state index is -2.60. The number of aryl methyl sites for hydroxylation is 1. The molecule has 0 amide bonds. The number of hydrogen-bond acceptors (Lipinski definition) is 4. The van der Waals surface area contributed by atoms with Crippen LogP contribution in [0, 0.1) is 12.7 Å². The van der Waals surface area contributed by atoms with Crippen molar-refractivity contribution >= 4 is 33.7 Å². The molecule has 2 aromatic rings. The van der Waals surface area contributed by atoms with Crippen LogP contribution in [0.1, 0.15) is 30.2 Å². The lowest BCUT2D eigenvalue weighted by atomic mass is 10.1. The van der Waals surface area contributed by atoms with Gasteiger partial charge in [-0.25, -0.2) is 13.2 Å². The number of aromatic nitrogens is 1. The van der Waals surface area contributed by atoms with Crippen molar-refractivity contribution in [2.24, 2.45) is 10.2 Å². The van der Waals surface area contributed by atoms with Crippen LogP contribution in [0.25, 0.3) is 0 Å². The quantitative estimate of drug-likeness (QED) is 0.608. The summed E-state index contributed by atoms with van der Waals surface area (Å²) < 4.78 is 41.5. The molecule has 4 nitrogen and oxygen atoms in total. The molecule has 1 aromatic carbocycles.